The Balaban J connectivity index is 1.37. The van der Waals surface area contributed by atoms with E-state index >= 15 is 0 Å². The van der Waals surface area contributed by atoms with Crippen LogP contribution in [-0.4, -0.2) is 22.5 Å². The minimum Gasteiger partial charge on any atom is -0.488 e. The summed E-state index contributed by atoms with van der Waals surface area (Å²) in [7, 11) is 0. The van der Waals surface area contributed by atoms with Crippen molar-refractivity contribution in [2.45, 2.75) is 13.0 Å². The third-order valence-corrected chi connectivity index (χ3v) is 5.80. The summed E-state index contributed by atoms with van der Waals surface area (Å²) in [5.41, 5.74) is 15.2. The molecule has 2 aromatic heterocycles. The number of hydrogen-bond acceptors (Lipinski definition) is 9. The van der Waals surface area contributed by atoms with Crippen LogP contribution in [0.2, 0.25) is 0 Å². The van der Waals surface area contributed by atoms with E-state index in [0.717, 1.165) is 22.5 Å². The minimum absolute atomic E-state index is 0.243. The molecular weight excluding hydrogens is 432 g/mol. The molecule has 2 aromatic carbocycles. The predicted molar refractivity (Wildman–Crippen MR) is 123 cm³/mol. The van der Waals surface area contributed by atoms with Gasteiger partial charge in [0.15, 0.2) is 10.3 Å². The molecule has 0 atom stereocenters. The third-order valence-electron chi connectivity index (χ3n) is 4.40. The lowest BCUT2D eigenvalue weighted by atomic mass is 10.1. The first kappa shape index (κ1) is 20.8. The van der Waals surface area contributed by atoms with E-state index in [1.54, 1.807) is 12.1 Å². The van der Waals surface area contributed by atoms with E-state index in [1.165, 1.54) is 22.7 Å². The average molecular weight is 453 g/mol. The molecule has 0 saturated heterocycles. The molecule has 2 heterocycles. The molecule has 0 fully saturated rings. The maximum absolute atomic E-state index is 12.4. The number of hydrogen-bond donors (Lipinski definition) is 2. The van der Waals surface area contributed by atoms with Gasteiger partial charge in [0.2, 0.25) is 0 Å². The second-order valence-electron chi connectivity index (χ2n) is 6.62. The van der Waals surface area contributed by atoms with Crippen LogP contribution in [0.4, 0.5) is 10.3 Å². The van der Waals surface area contributed by atoms with E-state index in [-0.39, 0.29) is 12.6 Å². The number of nitrogen functional groups attached to an aromatic ring is 2. The van der Waals surface area contributed by atoms with Gasteiger partial charge in [0.05, 0.1) is 23.6 Å². The van der Waals surface area contributed by atoms with E-state index in [0.29, 0.717) is 34.6 Å². The van der Waals surface area contributed by atoms with E-state index in [1.807, 2.05) is 47.2 Å². The van der Waals surface area contributed by atoms with Crippen LogP contribution in [0.25, 0.3) is 11.3 Å². The molecule has 0 aliphatic heterocycles. The van der Waals surface area contributed by atoms with Crippen molar-refractivity contribution < 1.29 is 14.3 Å². The summed E-state index contributed by atoms with van der Waals surface area (Å²) in [5.74, 6) is 0.312. The second-order valence-corrected chi connectivity index (χ2v) is 8.40. The van der Waals surface area contributed by atoms with Crippen LogP contribution in [-0.2, 0) is 17.8 Å². The molecule has 0 aliphatic rings. The summed E-state index contributed by atoms with van der Waals surface area (Å²) in [6.07, 6.45) is 0.528. The quantitative estimate of drug-likeness (QED) is 0.381. The summed E-state index contributed by atoms with van der Waals surface area (Å²) in [6.45, 7) is 0.544. The number of carbonyl (C=O) groups excluding carboxylic acids is 1. The molecule has 4 rings (SSSR count). The molecule has 0 saturated carbocycles. The zero-order valence-corrected chi connectivity index (χ0v) is 18.1. The number of nitrogens with zero attached hydrogens (tertiary/aromatic N) is 2. The molecular formula is C22H20N4O3S2. The molecule has 0 amide bonds. The van der Waals surface area contributed by atoms with Crippen molar-refractivity contribution in [3.05, 3.63) is 76.1 Å². The normalized spacial score (nSPS) is 10.7. The summed E-state index contributed by atoms with van der Waals surface area (Å²) < 4.78 is 11.4. The largest absolute Gasteiger partial charge is 0.488 e. The van der Waals surface area contributed by atoms with Crippen LogP contribution in [0.15, 0.2) is 59.3 Å². The van der Waals surface area contributed by atoms with Gasteiger partial charge in [-0.2, -0.15) is 0 Å². The number of benzene rings is 2. The number of thiazole rings is 2. The van der Waals surface area contributed by atoms with Gasteiger partial charge in [0.1, 0.15) is 12.4 Å². The van der Waals surface area contributed by atoms with Gasteiger partial charge < -0.3 is 20.9 Å². The van der Waals surface area contributed by atoms with Crippen molar-refractivity contribution in [2.24, 2.45) is 0 Å². The summed E-state index contributed by atoms with van der Waals surface area (Å²) in [4.78, 5) is 20.9. The highest BCUT2D eigenvalue weighted by Gasteiger charge is 2.11. The van der Waals surface area contributed by atoms with Crippen molar-refractivity contribution in [1.29, 1.82) is 0 Å². The van der Waals surface area contributed by atoms with Gasteiger partial charge in [0.25, 0.3) is 0 Å². The molecule has 31 heavy (non-hydrogen) atoms. The Hall–Kier alpha value is -3.43. The SMILES string of the molecule is Nc1nc(CCOC(=O)c2cccc(COc3ccccc3-c3csc(N)n3)c2)cs1. The fourth-order valence-corrected chi connectivity index (χ4v) is 4.09. The first-order valence-corrected chi connectivity index (χ1v) is 11.2. The van der Waals surface area contributed by atoms with Gasteiger partial charge in [-0.25, -0.2) is 14.8 Å². The van der Waals surface area contributed by atoms with E-state index in [9.17, 15) is 4.79 Å². The van der Waals surface area contributed by atoms with Crippen LogP contribution in [0.1, 0.15) is 21.6 Å². The standard InChI is InChI=1S/C22H20N4O3S2/c23-21-25-16(12-30-21)8-9-28-20(27)15-5-3-4-14(10-15)11-29-19-7-2-1-6-17(19)18-13-31-22(24)26-18/h1-7,10,12-13H,8-9,11H2,(H2,23,25)(H2,24,26). The Morgan fingerprint density at radius 3 is 2.55 bits per heavy atom. The van der Waals surface area contributed by atoms with Crippen molar-refractivity contribution in [3.8, 4) is 17.0 Å². The van der Waals surface area contributed by atoms with E-state index < -0.39 is 0 Å². The maximum Gasteiger partial charge on any atom is 0.338 e. The van der Waals surface area contributed by atoms with E-state index in [4.69, 9.17) is 20.9 Å². The number of nitrogens with two attached hydrogens (primary N) is 2. The molecule has 0 aliphatic carbocycles. The number of aromatic nitrogens is 2. The lowest BCUT2D eigenvalue weighted by Crippen LogP contribution is -2.09. The van der Waals surface area contributed by atoms with Crippen LogP contribution in [0.3, 0.4) is 0 Å². The minimum atomic E-state index is -0.386. The highest BCUT2D eigenvalue weighted by atomic mass is 32.1. The van der Waals surface area contributed by atoms with Crippen molar-refractivity contribution >= 4 is 38.9 Å². The lowest BCUT2D eigenvalue weighted by molar-refractivity contribution is 0.0508. The van der Waals surface area contributed by atoms with Gasteiger partial charge in [0, 0.05) is 22.7 Å². The average Bonchev–Trinajstić information content (AvgIpc) is 3.40. The Labute approximate surface area is 187 Å². The number of carbonyl (C=O) groups is 1. The number of ether oxygens (including phenoxy) is 2. The lowest BCUT2D eigenvalue weighted by Gasteiger charge is -2.11. The fourth-order valence-electron chi connectivity index (χ4n) is 2.93. The zero-order chi connectivity index (χ0) is 21.6. The van der Waals surface area contributed by atoms with Gasteiger partial charge in [-0.1, -0.05) is 24.3 Å². The highest BCUT2D eigenvalue weighted by Crippen LogP contribution is 2.31. The topological polar surface area (TPSA) is 113 Å². The molecule has 158 valence electrons. The Bertz CT molecular complexity index is 1190. The summed E-state index contributed by atoms with van der Waals surface area (Å²) in [6, 6.07) is 14.8. The molecule has 0 bridgehead atoms. The number of para-hydroxylation sites is 1. The molecule has 9 heteroatoms. The Kier molecular flexibility index (Phi) is 6.44. The Morgan fingerprint density at radius 2 is 1.77 bits per heavy atom. The van der Waals surface area contributed by atoms with Crippen LogP contribution in [0, 0.1) is 0 Å². The van der Waals surface area contributed by atoms with E-state index in [2.05, 4.69) is 9.97 Å². The van der Waals surface area contributed by atoms with Crippen LogP contribution >= 0.6 is 22.7 Å². The van der Waals surface area contributed by atoms with Crippen molar-refractivity contribution in [3.63, 3.8) is 0 Å². The summed E-state index contributed by atoms with van der Waals surface area (Å²) >= 11 is 2.75. The second kappa shape index (κ2) is 9.59. The molecule has 4 aromatic rings. The molecule has 0 spiro atoms. The van der Waals surface area contributed by atoms with Gasteiger partial charge in [-0.15, -0.1) is 22.7 Å². The molecule has 4 N–H and O–H groups in total. The van der Waals surface area contributed by atoms with Crippen LogP contribution in [0.5, 0.6) is 5.75 Å². The highest BCUT2D eigenvalue weighted by molar-refractivity contribution is 7.14. The fraction of sp³-hybridized carbons (Fsp3) is 0.136. The Morgan fingerprint density at radius 1 is 0.968 bits per heavy atom. The van der Waals surface area contributed by atoms with Gasteiger partial charge in [-0.3, -0.25) is 0 Å². The smallest absolute Gasteiger partial charge is 0.338 e. The van der Waals surface area contributed by atoms with Gasteiger partial charge in [-0.05, 0) is 29.8 Å². The molecule has 0 unspecified atom stereocenters. The van der Waals surface area contributed by atoms with Crippen molar-refractivity contribution in [1.82, 2.24) is 9.97 Å². The van der Waals surface area contributed by atoms with Crippen molar-refractivity contribution in [2.75, 3.05) is 18.1 Å². The number of rotatable bonds is 8. The van der Waals surface area contributed by atoms with Gasteiger partial charge >= 0.3 is 5.97 Å². The maximum atomic E-state index is 12.4. The monoisotopic (exact) mass is 452 g/mol. The molecule has 7 nitrogen and oxygen atoms in total. The first-order valence-electron chi connectivity index (χ1n) is 9.47. The first-order chi connectivity index (χ1) is 15.1. The van der Waals surface area contributed by atoms with Crippen LogP contribution < -0.4 is 16.2 Å². The molecule has 0 radical (unpaired) electrons. The zero-order valence-electron chi connectivity index (χ0n) is 16.5. The number of esters is 1. The predicted octanol–water partition coefficient (Wildman–Crippen LogP) is 4.41. The summed E-state index contributed by atoms with van der Waals surface area (Å²) in [5, 5.41) is 4.77. The third kappa shape index (κ3) is 5.39. The number of anilines is 2.